The van der Waals surface area contributed by atoms with Gasteiger partial charge >= 0.3 is 0 Å². The Balaban J connectivity index is 1.99. The van der Waals surface area contributed by atoms with Crippen LogP contribution in [0.3, 0.4) is 0 Å². The van der Waals surface area contributed by atoms with Crippen LogP contribution >= 0.6 is 11.8 Å². The zero-order valence-electron chi connectivity index (χ0n) is 12.9. The van der Waals surface area contributed by atoms with Crippen LogP contribution in [0.25, 0.3) is 0 Å². The Bertz CT molecular complexity index is 742. The van der Waals surface area contributed by atoms with Crippen molar-refractivity contribution < 1.29 is 0 Å². The van der Waals surface area contributed by atoms with E-state index in [1.165, 1.54) is 4.90 Å². The fourth-order valence-electron chi connectivity index (χ4n) is 2.34. The molecule has 0 spiro atoms. The van der Waals surface area contributed by atoms with Gasteiger partial charge in [0.25, 0.3) is 0 Å². The van der Waals surface area contributed by atoms with Gasteiger partial charge in [-0.1, -0.05) is 72.8 Å². The quantitative estimate of drug-likeness (QED) is 0.393. The van der Waals surface area contributed by atoms with Crippen LogP contribution in [0, 0.1) is 0 Å². The molecule has 3 rings (SSSR count). The van der Waals surface area contributed by atoms with Crippen molar-refractivity contribution >= 4 is 23.2 Å². The molecule has 23 heavy (non-hydrogen) atoms. The number of benzene rings is 3. The molecular weight excluding hydrogens is 300 g/mol. The summed E-state index contributed by atoms with van der Waals surface area (Å²) in [5, 5.41) is 4.70. The number of nitrogens with one attached hydrogen (secondary N) is 1. The van der Waals surface area contributed by atoms with E-state index in [2.05, 4.69) is 42.0 Å². The maximum absolute atomic E-state index is 4.70. The molecular formula is C20H18N2S. The maximum atomic E-state index is 4.70. The number of anilines is 1. The third-order valence-electron chi connectivity index (χ3n) is 3.49. The van der Waals surface area contributed by atoms with Crippen LogP contribution in [-0.2, 0) is 0 Å². The second kappa shape index (κ2) is 7.65. The van der Waals surface area contributed by atoms with Crippen LogP contribution in [0.2, 0.25) is 0 Å². The summed E-state index contributed by atoms with van der Waals surface area (Å²) in [7, 11) is 0. The highest BCUT2D eigenvalue weighted by molar-refractivity contribution is 7.98. The van der Waals surface area contributed by atoms with Crippen molar-refractivity contribution in [3.63, 3.8) is 0 Å². The summed E-state index contributed by atoms with van der Waals surface area (Å²) in [5.41, 5.74) is 7.36. The largest absolute Gasteiger partial charge is 0.277 e. The van der Waals surface area contributed by atoms with Crippen molar-refractivity contribution in [2.24, 2.45) is 5.10 Å². The molecule has 0 atom stereocenters. The van der Waals surface area contributed by atoms with Gasteiger partial charge < -0.3 is 0 Å². The lowest BCUT2D eigenvalue weighted by Gasteiger charge is -2.10. The first-order valence-corrected chi connectivity index (χ1v) is 8.68. The van der Waals surface area contributed by atoms with Crippen molar-refractivity contribution in [2.45, 2.75) is 4.90 Å². The number of para-hydroxylation sites is 1. The predicted molar refractivity (Wildman–Crippen MR) is 100 cm³/mol. The number of hydrogen-bond acceptors (Lipinski definition) is 3. The minimum atomic E-state index is 0.933. The van der Waals surface area contributed by atoms with Gasteiger partial charge in [0, 0.05) is 16.0 Å². The Hall–Kier alpha value is -2.52. The molecule has 3 aromatic carbocycles. The molecule has 2 nitrogen and oxygen atoms in total. The van der Waals surface area contributed by atoms with Crippen LogP contribution in [0.1, 0.15) is 11.1 Å². The first-order valence-electron chi connectivity index (χ1n) is 7.46. The summed E-state index contributed by atoms with van der Waals surface area (Å²) in [6.07, 6.45) is 2.07. The standard InChI is InChI=1S/C20H18N2S/c1-23-19-15-9-8-14-18(19)21-22-20(16-10-4-2-5-11-16)17-12-6-3-7-13-17/h2-15,21H,1H3. The summed E-state index contributed by atoms with van der Waals surface area (Å²) < 4.78 is 0. The molecule has 3 aromatic rings. The van der Waals surface area contributed by atoms with Crippen LogP contribution in [-0.4, -0.2) is 12.0 Å². The number of hydrogen-bond donors (Lipinski definition) is 1. The third-order valence-corrected chi connectivity index (χ3v) is 4.29. The van der Waals surface area contributed by atoms with E-state index < -0.39 is 0 Å². The second-order valence-corrected chi connectivity index (χ2v) is 5.85. The lowest BCUT2D eigenvalue weighted by atomic mass is 10.0. The fourth-order valence-corrected chi connectivity index (χ4v) is 2.89. The molecule has 0 bridgehead atoms. The molecule has 0 aliphatic rings. The van der Waals surface area contributed by atoms with Crippen molar-refractivity contribution in [3.05, 3.63) is 96.1 Å². The number of hydrazone groups is 1. The Kier molecular flexibility index (Phi) is 5.12. The van der Waals surface area contributed by atoms with Crippen LogP contribution < -0.4 is 5.43 Å². The van der Waals surface area contributed by atoms with Gasteiger partial charge in [0.2, 0.25) is 0 Å². The molecule has 0 amide bonds. The van der Waals surface area contributed by atoms with Crippen molar-refractivity contribution in [2.75, 3.05) is 11.7 Å². The van der Waals surface area contributed by atoms with E-state index in [0.29, 0.717) is 0 Å². The molecule has 0 heterocycles. The lowest BCUT2D eigenvalue weighted by Crippen LogP contribution is -2.06. The normalized spacial score (nSPS) is 10.1. The Morgan fingerprint density at radius 3 is 1.83 bits per heavy atom. The highest BCUT2D eigenvalue weighted by Gasteiger charge is 2.07. The van der Waals surface area contributed by atoms with Crippen molar-refractivity contribution in [3.8, 4) is 0 Å². The average Bonchev–Trinajstić information content (AvgIpc) is 2.64. The molecule has 0 saturated heterocycles. The minimum Gasteiger partial charge on any atom is -0.277 e. The molecule has 114 valence electrons. The van der Waals surface area contributed by atoms with Crippen LogP contribution in [0.4, 0.5) is 5.69 Å². The van der Waals surface area contributed by atoms with Gasteiger partial charge in [0.05, 0.1) is 11.4 Å². The highest BCUT2D eigenvalue weighted by Crippen LogP contribution is 2.25. The molecule has 0 unspecified atom stereocenters. The van der Waals surface area contributed by atoms with Crippen LogP contribution in [0.5, 0.6) is 0 Å². The zero-order chi connectivity index (χ0) is 15.9. The van der Waals surface area contributed by atoms with Gasteiger partial charge in [0.1, 0.15) is 0 Å². The molecule has 1 N–H and O–H groups in total. The van der Waals surface area contributed by atoms with Crippen LogP contribution in [0.15, 0.2) is 94.9 Å². The summed E-state index contributed by atoms with van der Waals surface area (Å²) in [5.74, 6) is 0. The average molecular weight is 318 g/mol. The first-order chi connectivity index (χ1) is 11.4. The zero-order valence-corrected chi connectivity index (χ0v) is 13.8. The maximum Gasteiger partial charge on any atom is 0.0977 e. The Morgan fingerprint density at radius 2 is 1.26 bits per heavy atom. The SMILES string of the molecule is CSc1ccccc1NN=C(c1ccccc1)c1ccccc1. The molecule has 0 radical (unpaired) electrons. The van der Waals surface area contributed by atoms with E-state index >= 15 is 0 Å². The third kappa shape index (κ3) is 3.82. The van der Waals surface area contributed by atoms with E-state index in [9.17, 15) is 0 Å². The van der Waals surface area contributed by atoms with E-state index in [-0.39, 0.29) is 0 Å². The molecule has 0 aliphatic heterocycles. The summed E-state index contributed by atoms with van der Waals surface area (Å²) in [4.78, 5) is 1.18. The van der Waals surface area contributed by atoms with E-state index in [1.54, 1.807) is 11.8 Å². The monoisotopic (exact) mass is 318 g/mol. The topological polar surface area (TPSA) is 24.4 Å². The van der Waals surface area contributed by atoms with E-state index in [1.807, 2.05) is 54.6 Å². The summed E-state index contributed by atoms with van der Waals surface area (Å²) >= 11 is 1.71. The Labute approximate surface area is 141 Å². The lowest BCUT2D eigenvalue weighted by molar-refractivity contribution is 1.28. The number of nitrogens with zero attached hydrogens (tertiary/aromatic N) is 1. The molecule has 0 saturated carbocycles. The van der Waals surface area contributed by atoms with Gasteiger partial charge in [-0.3, -0.25) is 5.43 Å². The highest BCUT2D eigenvalue weighted by atomic mass is 32.2. The predicted octanol–water partition coefficient (Wildman–Crippen LogP) is 5.27. The summed E-state index contributed by atoms with van der Waals surface area (Å²) in [6, 6.07) is 28.7. The summed E-state index contributed by atoms with van der Waals surface area (Å²) in [6.45, 7) is 0. The number of rotatable bonds is 5. The first kappa shape index (κ1) is 15.4. The number of thioether (sulfide) groups is 1. The van der Waals surface area contributed by atoms with E-state index in [0.717, 1.165) is 22.5 Å². The van der Waals surface area contributed by atoms with Crippen molar-refractivity contribution in [1.29, 1.82) is 0 Å². The minimum absolute atomic E-state index is 0.933. The van der Waals surface area contributed by atoms with Gasteiger partial charge in [0.15, 0.2) is 0 Å². The van der Waals surface area contributed by atoms with Gasteiger partial charge in [-0.15, -0.1) is 11.8 Å². The molecule has 0 fully saturated rings. The van der Waals surface area contributed by atoms with Crippen molar-refractivity contribution in [1.82, 2.24) is 0 Å². The second-order valence-electron chi connectivity index (χ2n) is 5.00. The fraction of sp³-hybridized carbons (Fsp3) is 0.0500. The Morgan fingerprint density at radius 1 is 0.739 bits per heavy atom. The van der Waals surface area contributed by atoms with Gasteiger partial charge in [-0.05, 0) is 18.4 Å². The molecule has 0 aromatic heterocycles. The van der Waals surface area contributed by atoms with Gasteiger partial charge in [-0.2, -0.15) is 5.10 Å². The molecule has 0 aliphatic carbocycles. The van der Waals surface area contributed by atoms with Gasteiger partial charge in [-0.25, -0.2) is 0 Å². The smallest absolute Gasteiger partial charge is 0.0977 e. The molecule has 3 heteroatoms. The van der Waals surface area contributed by atoms with E-state index in [4.69, 9.17) is 5.10 Å².